The van der Waals surface area contributed by atoms with Crippen molar-refractivity contribution in [3.63, 3.8) is 0 Å². The van der Waals surface area contributed by atoms with Crippen molar-refractivity contribution in [1.29, 1.82) is 0 Å². The van der Waals surface area contributed by atoms with Crippen LogP contribution in [0.5, 0.6) is 0 Å². The Morgan fingerprint density at radius 1 is 1.38 bits per heavy atom. The lowest BCUT2D eigenvalue weighted by Gasteiger charge is -2.35. The molecule has 1 atom stereocenters. The molecule has 1 amide bonds. The predicted molar refractivity (Wildman–Crippen MR) is 104 cm³/mol. The summed E-state index contributed by atoms with van der Waals surface area (Å²) >= 11 is 6.25. The lowest BCUT2D eigenvalue weighted by Crippen LogP contribution is -2.40. The van der Waals surface area contributed by atoms with Crippen molar-refractivity contribution in [3.8, 4) is 0 Å². The Labute approximate surface area is 160 Å². The maximum Gasteiger partial charge on any atom is 0.285 e. The summed E-state index contributed by atoms with van der Waals surface area (Å²) in [4.78, 5) is 14.0. The fraction of sp³-hybridized carbons (Fsp3) is 0.556. The molecule has 0 bridgehead atoms. The minimum absolute atomic E-state index is 0.0642. The summed E-state index contributed by atoms with van der Waals surface area (Å²) in [6, 6.07) is 4.45. The van der Waals surface area contributed by atoms with E-state index >= 15 is 0 Å². The summed E-state index contributed by atoms with van der Waals surface area (Å²) in [5, 5.41) is 2.89. The number of nitrogens with one attached hydrogen (secondary N) is 1. The normalized spacial score (nSPS) is 20.1. The number of sulfonamides is 1. The second-order valence-corrected chi connectivity index (χ2v) is 9.69. The van der Waals surface area contributed by atoms with Gasteiger partial charge in [0.1, 0.15) is 11.2 Å². The molecule has 0 aromatic heterocycles. The zero-order valence-corrected chi connectivity index (χ0v) is 17.2. The van der Waals surface area contributed by atoms with Crippen molar-refractivity contribution in [2.75, 3.05) is 14.1 Å². The van der Waals surface area contributed by atoms with Crippen LogP contribution in [0, 0.1) is 5.41 Å². The van der Waals surface area contributed by atoms with Crippen molar-refractivity contribution < 1.29 is 13.2 Å². The second kappa shape index (κ2) is 7.96. The summed E-state index contributed by atoms with van der Waals surface area (Å²) in [6.45, 7) is 4.38. The van der Waals surface area contributed by atoms with Crippen LogP contribution in [0.3, 0.4) is 0 Å². The molecular weight excluding hydrogens is 374 g/mol. The molecule has 0 heterocycles. The van der Waals surface area contributed by atoms with Crippen LogP contribution < -0.4 is 5.32 Å². The molecule has 1 aromatic carbocycles. The first-order valence-corrected chi connectivity index (χ1v) is 10.4. The molecule has 6 nitrogen and oxygen atoms in total. The zero-order valence-electron chi connectivity index (χ0n) is 15.6. The van der Waals surface area contributed by atoms with Gasteiger partial charge in [-0.3, -0.25) is 4.79 Å². The summed E-state index contributed by atoms with van der Waals surface area (Å²) in [7, 11) is -0.652. The molecule has 0 spiro atoms. The van der Waals surface area contributed by atoms with Gasteiger partial charge in [0.25, 0.3) is 15.9 Å². The lowest BCUT2D eigenvalue weighted by atomic mass is 9.75. The van der Waals surface area contributed by atoms with Gasteiger partial charge in [-0.1, -0.05) is 37.9 Å². The standard InChI is InChI=1S/C18H26ClN3O3S/c1-18(2)10-6-7-13(11-18)21-17(23)14-8-5-9-15(16(14)19)26(24,25)20-12-22(3)4/h5,8-9,12-13H,6-7,10-11H2,1-4H3,(H,21,23)/b20-12+. The fourth-order valence-electron chi connectivity index (χ4n) is 3.18. The van der Waals surface area contributed by atoms with Crippen LogP contribution in [-0.4, -0.2) is 45.7 Å². The largest absolute Gasteiger partial charge is 0.368 e. The van der Waals surface area contributed by atoms with E-state index in [0.29, 0.717) is 0 Å². The van der Waals surface area contributed by atoms with Crippen molar-refractivity contribution in [3.05, 3.63) is 28.8 Å². The first kappa shape index (κ1) is 20.7. The number of carbonyl (C=O) groups excluding carboxylic acids is 1. The molecule has 1 aliphatic carbocycles. The second-order valence-electron chi connectivity index (χ2n) is 7.71. The van der Waals surface area contributed by atoms with E-state index in [1.165, 1.54) is 29.4 Å². The SMILES string of the molecule is CN(C)/C=N/S(=O)(=O)c1cccc(C(=O)NC2CCCC(C)(C)C2)c1Cl. The molecule has 1 fully saturated rings. The van der Waals surface area contributed by atoms with Crippen LogP contribution in [0.4, 0.5) is 0 Å². The van der Waals surface area contributed by atoms with E-state index in [4.69, 9.17) is 11.6 Å². The molecule has 0 radical (unpaired) electrons. The average molecular weight is 400 g/mol. The van der Waals surface area contributed by atoms with Crippen molar-refractivity contribution in [2.24, 2.45) is 9.81 Å². The summed E-state index contributed by atoms with van der Waals surface area (Å²) in [6.07, 6.45) is 5.18. The third-order valence-electron chi connectivity index (χ3n) is 4.44. The topological polar surface area (TPSA) is 78.8 Å². The minimum Gasteiger partial charge on any atom is -0.368 e. The molecule has 26 heavy (non-hydrogen) atoms. The Balaban J connectivity index is 2.24. The summed E-state index contributed by atoms with van der Waals surface area (Å²) < 4.78 is 28.3. The van der Waals surface area contributed by atoms with Gasteiger partial charge >= 0.3 is 0 Å². The molecule has 8 heteroatoms. The molecular formula is C18H26ClN3O3S. The Morgan fingerprint density at radius 3 is 2.69 bits per heavy atom. The third kappa shape index (κ3) is 5.20. The molecule has 1 saturated carbocycles. The number of hydrogen-bond acceptors (Lipinski definition) is 3. The molecule has 0 aliphatic heterocycles. The number of carbonyl (C=O) groups is 1. The highest BCUT2D eigenvalue weighted by Crippen LogP contribution is 2.35. The smallest absolute Gasteiger partial charge is 0.285 e. The first-order valence-electron chi connectivity index (χ1n) is 8.58. The van der Waals surface area contributed by atoms with Crippen LogP contribution in [-0.2, 0) is 10.0 Å². The van der Waals surface area contributed by atoms with Gasteiger partial charge in [0.15, 0.2) is 0 Å². The van der Waals surface area contributed by atoms with Crippen LogP contribution in [0.2, 0.25) is 5.02 Å². The van der Waals surface area contributed by atoms with Crippen LogP contribution in [0.15, 0.2) is 27.5 Å². The molecule has 2 rings (SSSR count). The van der Waals surface area contributed by atoms with Gasteiger partial charge in [-0.25, -0.2) is 0 Å². The van der Waals surface area contributed by atoms with Gasteiger partial charge in [-0.2, -0.15) is 8.42 Å². The number of hydrogen-bond donors (Lipinski definition) is 1. The van der Waals surface area contributed by atoms with Gasteiger partial charge < -0.3 is 10.2 Å². The molecule has 0 saturated heterocycles. The average Bonchev–Trinajstić information content (AvgIpc) is 2.52. The van der Waals surface area contributed by atoms with Crippen LogP contribution >= 0.6 is 11.6 Å². The number of nitrogens with zero attached hydrogens (tertiary/aromatic N) is 2. The maximum absolute atomic E-state index is 12.7. The quantitative estimate of drug-likeness (QED) is 0.608. The molecule has 1 aliphatic rings. The Morgan fingerprint density at radius 2 is 2.08 bits per heavy atom. The van der Waals surface area contributed by atoms with Gasteiger partial charge in [0, 0.05) is 20.1 Å². The Kier molecular flexibility index (Phi) is 6.34. The van der Waals surface area contributed by atoms with Gasteiger partial charge in [-0.05, 0) is 36.8 Å². The monoisotopic (exact) mass is 399 g/mol. The van der Waals surface area contributed by atoms with Crippen molar-refractivity contribution in [1.82, 2.24) is 10.2 Å². The highest BCUT2D eigenvalue weighted by molar-refractivity contribution is 7.90. The highest BCUT2D eigenvalue weighted by Gasteiger charge is 2.30. The Bertz CT molecular complexity index is 804. The lowest BCUT2D eigenvalue weighted by molar-refractivity contribution is 0.0902. The van der Waals surface area contributed by atoms with Crippen molar-refractivity contribution in [2.45, 2.75) is 50.5 Å². The third-order valence-corrected chi connectivity index (χ3v) is 6.23. The number of amides is 1. The van der Waals surface area contributed by atoms with Crippen molar-refractivity contribution >= 4 is 33.9 Å². The fourth-order valence-corrected chi connectivity index (χ4v) is 4.70. The summed E-state index contributed by atoms with van der Waals surface area (Å²) in [5.74, 6) is -0.355. The first-order chi connectivity index (χ1) is 12.0. The summed E-state index contributed by atoms with van der Waals surface area (Å²) in [5.41, 5.74) is 0.336. The van der Waals surface area contributed by atoms with E-state index in [1.807, 2.05) is 0 Å². The molecule has 1 N–H and O–H groups in total. The predicted octanol–water partition coefficient (Wildman–Crippen LogP) is 3.32. The van der Waals surface area contributed by atoms with E-state index in [2.05, 4.69) is 23.6 Å². The van der Waals surface area contributed by atoms with Gasteiger partial charge in [-0.15, -0.1) is 4.40 Å². The van der Waals surface area contributed by atoms with Gasteiger partial charge in [0.2, 0.25) is 0 Å². The zero-order chi connectivity index (χ0) is 19.5. The molecule has 1 aromatic rings. The van der Waals surface area contributed by atoms with Crippen LogP contribution in [0.25, 0.3) is 0 Å². The minimum atomic E-state index is -3.98. The number of benzene rings is 1. The maximum atomic E-state index is 12.7. The Hall–Kier alpha value is -1.60. The van der Waals surface area contributed by atoms with E-state index in [1.54, 1.807) is 14.1 Å². The highest BCUT2D eigenvalue weighted by atomic mass is 35.5. The molecule has 144 valence electrons. The van der Waals surface area contributed by atoms with E-state index < -0.39 is 10.0 Å². The molecule has 1 unspecified atom stereocenters. The van der Waals surface area contributed by atoms with Gasteiger partial charge in [0.05, 0.1) is 10.6 Å². The van der Waals surface area contributed by atoms with Crippen LogP contribution in [0.1, 0.15) is 49.9 Å². The van der Waals surface area contributed by atoms with E-state index in [-0.39, 0.29) is 32.8 Å². The van der Waals surface area contributed by atoms with E-state index in [0.717, 1.165) is 25.7 Å². The number of halogens is 1. The number of rotatable bonds is 5. The van der Waals surface area contributed by atoms with E-state index in [9.17, 15) is 13.2 Å².